The van der Waals surface area contributed by atoms with Gasteiger partial charge in [-0.1, -0.05) is 23.7 Å². The largest absolute Gasteiger partial charge is 0.438 e. The topological polar surface area (TPSA) is 35.0 Å². The minimum absolute atomic E-state index is 0.536. The Hall–Kier alpha value is -2.43. The maximum absolute atomic E-state index is 5.91. The molecule has 0 unspecified atom stereocenters. The normalized spacial score (nSPS) is 10.8. The monoisotopic (exact) mass is 338 g/mol. The lowest BCUT2D eigenvalue weighted by Crippen LogP contribution is -1.90. The quantitative estimate of drug-likeness (QED) is 0.473. The first-order chi connectivity index (χ1) is 11.3. The van der Waals surface area contributed by atoms with Crippen LogP contribution < -0.4 is 4.74 Å². The third-order valence-electron chi connectivity index (χ3n) is 3.32. The highest BCUT2D eigenvalue weighted by Crippen LogP contribution is 2.36. The second-order valence-electron chi connectivity index (χ2n) is 4.90. The fourth-order valence-corrected chi connectivity index (χ4v) is 3.35. The second-order valence-corrected chi connectivity index (χ2v) is 6.37. The molecule has 0 amide bonds. The predicted octanol–water partition coefficient (Wildman–Crippen LogP) is 5.80. The zero-order valence-electron chi connectivity index (χ0n) is 11.9. The molecule has 0 N–H and O–H groups in total. The van der Waals surface area contributed by atoms with Gasteiger partial charge in [0.15, 0.2) is 0 Å². The van der Waals surface area contributed by atoms with Gasteiger partial charge in [-0.15, -0.1) is 11.3 Å². The molecule has 5 heteroatoms. The van der Waals surface area contributed by atoms with Gasteiger partial charge >= 0.3 is 0 Å². The Kier molecular flexibility index (Phi) is 3.69. The lowest BCUT2D eigenvalue weighted by molar-refractivity contribution is 0.465. The van der Waals surface area contributed by atoms with Gasteiger partial charge in [0, 0.05) is 11.2 Å². The van der Waals surface area contributed by atoms with Crippen LogP contribution in [0.5, 0.6) is 11.6 Å². The molecule has 112 valence electrons. The van der Waals surface area contributed by atoms with Crippen molar-refractivity contribution in [2.24, 2.45) is 0 Å². The van der Waals surface area contributed by atoms with Crippen LogP contribution in [0.1, 0.15) is 0 Å². The van der Waals surface area contributed by atoms with Gasteiger partial charge in [0.2, 0.25) is 5.88 Å². The summed E-state index contributed by atoms with van der Waals surface area (Å²) < 4.78 is 7.05. The Morgan fingerprint density at radius 3 is 2.57 bits per heavy atom. The Bertz CT molecular complexity index is 933. The fourth-order valence-electron chi connectivity index (χ4n) is 2.24. The van der Waals surface area contributed by atoms with Gasteiger partial charge in [0.25, 0.3) is 0 Å². The van der Waals surface area contributed by atoms with E-state index < -0.39 is 0 Å². The first kappa shape index (κ1) is 14.2. The summed E-state index contributed by atoms with van der Waals surface area (Å²) in [4.78, 5) is 9.03. The molecular formula is C18H11ClN2OS. The molecule has 0 aliphatic heterocycles. The summed E-state index contributed by atoms with van der Waals surface area (Å²) in [5.74, 6) is 1.23. The highest BCUT2D eigenvalue weighted by molar-refractivity contribution is 7.21. The number of rotatable bonds is 3. The Morgan fingerprint density at radius 2 is 1.74 bits per heavy atom. The maximum atomic E-state index is 5.91. The number of hydrogen-bond donors (Lipinski definition) is 0. The summed E-state index contributed by atoms with van der Waals surface area (Å²) in [5.41, 5.74) is 1.86. The summed E-state index contributed by atoms with van der Waals surface area (Å²) in [7, 11) is 0. The molecule has 0 fully saturated rings. The molecule has 2 aromatic carbocycles. The van der Waals surface area contributed by atoms with Gasteiger partial charge in [-0.2, -0.15) is 0 Å². The number of aromatic nitrogens is 2. The van der Waals surface area contributed by atoms with Crippen LogP contribution >= 0.6 is 22.9 Å². The van der Waals surface area contributed by atoms with E-state index in [9.17, 15) is 0 Å². The number of benzene rings is 2. The highest BCUT2D eigenvalue weighted by Gasteiger charge is 2.13. The van der Waals surface area contributed by atoms with E-state index in [1.54, 1.807) is 29.7 Å². The first-order valence-electron chi connectivity index (χ1n) is 7.04. The summed E-state index contributed by atoms with van der Waals surface area (Å²) in [6, 6.07) is 19.1. The predicted molar refractivity (Wildman–Crippen MR) is 94.4 cm³/mol. The number of nitrogens with zero attached hydrogens (tertiary/aromatic N) is 2. The number of thiazole rings is 1. The molecule has 0 atom stereocenters. The highest BCUT2D eigenvalue weighted by atomic mass is 35.5. The van der Waals surface area contributed by atoms with Crippen LogP contribution in [0.4, 0.5) is 0 Å². The van der Waals surface area contributed by atoms with E-state index in [1.807, 2.05) is 42.5 Å². The Morgan fingerprint density at radius 1 is 0.913 bits per heavy atom. The molecule has 0 saturated carbocycles. The number of fused-ring (bicyclic) bond motifs is 1. The van der Waals surface area contributed by atoms with Crippen molar-refractivity contribution in [3.8, 4) is 22.2 Å². The minimum Gasteiger partial charge on any atom is -0.438 e. The third-order valence-corrected chi connectivity index (χ3v) is 4.65. The molecule has 0 spiro atoms. The Labute approximate surface area is 142 Å². The zero-order chi connectivity index (χ0) is 15.6. The van der Waals surface area contributed by atoms with E-state index in [4.69, 9.17) is 16.3 Å². The Balaban J connectivity index is 1.75. The van der Waals surface area contributed by atoms with Crippen molar-refractivity contribution in [3.05, 3.63) is 71.9 Å². The lowest BCUT2D eigenvalue weighted by atomic mass is 10.3. The van der Waals surface area contributed by atoms with Crippen molar-refractivity contribution in [2.45, 2.75) is 0 Å². The number of ether oxygens (including phenoxy) is 1. The smallest absolute Gasteiger partial charge is 0.229 e. The molecule has 23 heavy (non-hydrogen) atoms. The molecule has 2 heterocycles. The standard InChI is InChI=1S/C18H11ClN2OS/c19-12-7-9-13(10-8-12)22-17-14(4-3-11-20-17)18-21-15-5-1-2-6-16(15)23-18/h1-11H. The number of halogens is 1. The molecule has 0 bridgehead atoms. The number of pyridine rings is 1. The molecule has 4 aromatic rings. The molecule has 3 nitrogen and oxygen atoms in total. The fraction of sp³-hybridized carbons (Fsp3) is 0. The van der Waals surface area contributed by atoms with Crippen molar-refractivity contribution in [1.82, 2.24) is 9.97 Å². The summed E-state index contributed by atoms with van der Waals surface area (Å²) in [5, 5.41) is 1.56. The minimum atomic E-state index is 0.536. The molecule has 4 rings (SSSR count). The zero-order valence-corrected chi connectivity index (χ0v) is 13.5. The van der Waals surface area contributed by atoms with Gasteiger partial charge in [0.1, 0.15) is 10.8 Å². The van der Waals surface area contributed by atoms with E-state index in [0.29, 0.717) is 16.7 Å². The lowest BCUT2D eigenvalue weighted by Gasteiger charge is -2.08. The van der Waals surface area contributed by atoms with Crippen LogP contribution in [-0.4, -0.2) is 9.97 Å². The summed E-state index contributed by atoms with van der Waals surface area (Å²) in [6.45, 7) is 0. The molecule has 0 radical (unpaired) electrons. The maximum Gasteiger partial charge on any atom is 0.229 e. The van der Waals surface area contributed by atoms with Crippen LogP contribution in [0.15, 0.2) is 66.9 Å². The van der Waals surface area contributed by atoms with E-state index in [-0.39, 0.29) is 0 Å². The average Bonchev–Trinajstić information content (AvgIpc) is 3.01. The molecule has 0 aliphatic carbocycles. The van der Waals surface area contributed by atoms with E-state index in [2.05, 4.69) is 16.0 Å². The molecule has 0 aliphatic rings. The summed E-state index contributed by atoms with van der Waals surface area (Å²) in [6.07, 6.45) is 1.71. The van der Waals surface area contributed by atoms with Crippen molar-refractivity contribution >= 4 is 33.2 Å². The van der Waals surface area contributed by atoms with Crippen LogP contribution in [0.3, 0.4) is 0 Å². The molecular weight excluding hydrogens is 328 g/mol. The van der Waals surface area contributed by atoms with Crippen LogP contribution in [-0.2, 0) is 0 Å². The third kappa shape index (κ3) is 2.91. The first-order valence-corrected chi connectivity index (χ1v) is 8.23. The van der Waals surface area contributed by atoms with Gasteiger partial charge < -0.3 is 4.74 Å². The number of para-hydroxylation sites is 1. The van der Waals surface area contributed by atoms with Crippen molar-refractivity contribution in [3.63, 3.8) is 0 Å². The number of hydrogen-bond acceptors (Lipinski definition) is 4. The molecule has 0 saturated heterocycles. The van der Waals surface area contributed by atoms with E-state index in [0.717, 1.165) is 20.8 Å². The van der Waals surface area contributed by atoms with Crippen LogP contribution in [0, 0.1) is 0 Å². The van der Waals surface area contributed by atoms with E-state index >= 15 is 0 Å². The van der Waals surface area contributed by atoms with Gasteiger partial charge in [0.05, 0.1) is 15.8 Å². The second kappa shape index (κ2) is 5.99. The average molecular weight is 339 g/mol. The van der Waals surface area contributed by atoms with Crippen molar-refractivity contribution in [1.29, 1.82) is 0 Å². The van der Waals surface area contributed by atoms with Gasteiger partial charge in [-0.3, -0.25) is 0 Å². The summed E-state index contributed by atoms with van der Waals surface area (Å²) >= 11 is 7.53. The van der Waals surface area contributed by atoms with Crippen LogP contribution in [0.2, 0.25) is 5.02 Å². The van der Waals surface area contributed by atoms with Crippen LogP contribution in [0.25, 0.3) is 20.8 Å². The SMILES string of the molecule is Clc1ccc(Oc2ncccc2-c2nc3ccccc3s2)cc1. The van der Waals surface area contributed by atoms with Gasteiger partial charge in [-0.05, 0) is 48.5 Å². The van der Waals surface area contributed by atoms with Crippen molar-refractivity contribution in [2.75, 3.05) is 0 Å². The van der Waals surface area contributed by atoms with Crippen molar-refractivity contribution < 1.29 is 4.74 Å². The van der Waals surface area contributed by atoms with E-state index in [1.165, 1.54) is 0 Å². The van der Waals surface area contributed by atoms with Gasteiger partial charge in [-0.25, -0.2) is 9.97 Å². The molecule has 2 aromatic heterocycles.